The third kappa shape index (κ3) is 3.25. The first-order valence-corrected chi connectivity index (χ1v) is 8.71. The van der Waals surface area contributed by atoms with Crippen LogP contribution in [0.2, 0.25) is 0 Å². The molecular weight excluding hydrogens is 318 g/mol. The second kappa shape index (κ2) is 6.74. The summed E-state index contributed by atoms with van der Waals surface area (Å²) in [4.78, 5) is 12.6. The van der Waals surface area contributed by atoms with Crippen molar-refractivity contribution in [3.63, 3.8) is 0 Å². The standard InChI is InChI=1S/C15H24BrN3O/c1-3-12-10-13(19(4-2)18-12)14(20)17-15(11-16)8-6-5-7-9-15/h10H,3-9,11H2,1-2H3,(H,17,20). The topological polar surface area (TPSA) is 46.9 Å². The molecule has 1 saturated carbocycles. The zero-order valence-corrected chi connectivity index (χ0v) is 14.0. The lowest BCUT2D eigenvalue weighted by atomic mass is 9.83. The van der Waals surface area contributed by atoms with Gasteiger partial charge in [-0.05, 0) is 32.3 Å². The SMILES string of the molecule is CCc1cc(C(=O)NC2(CBr)CCCCC2)n(CC)n1. The molecule has 1 amide bonds. The second-order valence-corrected chi connectivity index (χ2v) is 6.18. The summed E-state index contributed by atoms with van der Waals surface area (Å²) < 4.78 is 1.80. The van der Waals surface area contributed by atoms with Crippen molar-refractivity contribution in [3.05, 3.63) is 17.5 Å². The number of aromatic nitrogens is 2. The first-order chi connectivity index (χ1) is 9.64. The van der Waals surface area contributed by atoms with Gasteiger partial charge in [-0.1, -0.05) is 42.1 Å². The fraction of sp³-hybridized carbons (Fsp3) is 0.733. The zero-order valence-electron chi connectivity index (χ0n) is 12.4. The molecule has 20 heavy (non-hydrogen) atoms. The highest BCUT2D eigenvalue weighted by molar-refractivity contribution is 9.09. The molecule has 5 heteroatoms. The molecule has 1 aliphatic rings. The second-order valence-electron chi connectivity index (χ2n) is 5.62. The van der Waals surface area contributed by atoms with Crippen LogP contribution < -0.4 is 5.32 Å². The van der Waals surface area contributed by atoms with Crippen LogP contribution in [0.3, 0.4) is 0 Å². The van der Waals surface area contributed by atoms with Crippen molar-refractivity contribution in [2.45, 2.75) is 64.5 Å². The van der Waals surface area contributed by atoms with Gasteiger partial charge in [0.2, 0.25) is 0 Å². The number of hydrogen-bond acceptors (Lipinski definition) is 2. The minimum Gasteiger partial charge on any atom is -0.344 e. The van der Waals surface area contributed by atoms with Gasteiger partial charge < -0.3 is 5.32 Å². The number of aryl methyl sites for hydroxylation is 2. The summed E-state index contributed by atoms with van der Waals surface area (Å²) in [7, 11) is 0. The third-order valence-electron chi connectivity index (χ3n) is 4.17. The molecule has 0 radical (unpaired) electrons. The summed E-state index contributed by atoms with van der Waals surface area (Å²) in [6, 6.07) is 1.92. The Morgan fingerprint density at radius 1 is 1.40 bits per heavy atom. The van der Waals surface area contributed by atoms with Gasteiger partial charge >= 0.3 is 0 Å². The monoisotopic (exact) mass is 341 g/mol. The molecule has 112 valence electrons. The number of carbonyl (C=O) groups excluding carboxylic acids is 1. The molecule has 0 aliphatic heterocycles. The summed E-state index contributed by atoms with van der Waals surface area (Å²) in [6.07, 6.45) is 6.64. The molecule has 0 spiro atoms. The molecule has 0 bridgehead atoms. The fourth-order valence-corrected chi connectivity index (χ4v) is 3.59. The number of nitrogens with one attached hydrogen (secondary N) is 1. The van der Waals surface area contributed by atoms with Crippen molar-refractivity contribution in [3.8, 4) is 0 Å². The molecule has 1 heterocycles. The van der Waals surface area contributed by atoms with Crippen molar-refractivity contribution < 1.29 is 4.79 Å². The number of rotatable bonds is 5. The lowest BCUT2D eigenvalue weighted by Gasteiger charge is -2.36. The van der Waals surface area contributed by atoms with E-state index < -0.39 is 0 Å². The van der Waals surface area contributed by atoms with E-state index in [1.165, 1.54) is 19.3 Å². The molecule has 1 aromatic rings. The highest BCUT2D eigenvalue weighted by Crippen LogP contribution is 2.30. The maximum absolute atomic E-state index is 12.6. The molecule has 0 aromatic carbocycles. The van der Waals surface area contributed by atoms with Gasteiger partial charge in [0, 0.05) is 11.9 Å². The minimum atomic E-state index is -0.0788. The summed E-state index contributed by atoms with van der Waals surface area (Å²) in [5.41, 5.74) is 1.59. The Kier molecular flexibility index (Phi) is 5.24. The molecule has 4 nitrogen and oxygen atoms in total. The van der Waals surface area contributed by atoms with Crippen LogP contribution >= 0.6 is 15.9 Å². The molecule has 0 saturated heterocycles. The van der Waals surface area contributed by atoms with E-state index >= 15 is 0 Å². The van der Waals surface area contributed by atoms with Crippen LogP contribution in [0.5, 0.6) is 0 Å². The zero-order chi connectivity index (χ0) is 14.6. The van der Waals surface area contributed by atoms with E-state index in [2.05, 4.69) is 33.3 Å². The Hall–Kier alpha value is -0.840. The first kappa shape index (κ1) is 15.5. The van der Waals surface area contributed by atoms with Crippen LogP contribution in [0.4, 0.5) is 0 Å². The van der Waals surface area contributed by atoms with Gasteiger partial charge in [-0.15, -0.1) is 0 Å². The molecule has 1 fully saturated rings. The number of carbonyl (C=O) groups is 1. The number of hydrogen-bond donors (Lipinski definition) is 1. The van der Waals surface area contributed by atoms with Crippen molar-refractivity contribution in [2.75, 3.05) is 5.33 Å². The van der Waals surface area contributed by atoms with Gasteiger partial charge in [0.1, 0.15) is 5.69 Å². The lowest BCUT2D eigenvalue weighted by Crippen LogP contribution is -2.51. The third-order valence-corrected chi connectivity index (χ3v) is 5.24. The van der Waals surface area contributed by atoms with Crippen molar-refractivity contribution in [1.82, 2.24) is 15.1 Å². The van der Waals surface area contributed by atoms with Gasteiger partial charge in [-0.25, -0.2) is 0 Å². The van der Waals surface area contributed by atoms with Crippen molar-refractivity contribution in [2.24, 2.45) is 0 Å². The van der Waals surface area contributed by atoms with E-state index in [0.29, 0.717) is 5.69 Å². The summed E-state index contributed by atoms with van der Waals surface area (Å²) in [5, 5.41) is 8.54. The predicted molar refractivity (Wildman–Crippen MR) is 84.4 cm³/mol. The predicted octanol–water partition coefficient (Wildman–Crippen LogP) is 3.29. The smallest absolute Gasteiger partial charge is 0.270 e. The van der Waals surface area contributed by atoms with Gasteiger partial charge in [0.25, 0.3) is 5.91 Å². The van der Waals surface area contributed by atoms with Gasteiger partial charge in [0.05, 0.1) is 11.2 Å². The van der Waals surface area contributed by atoms with Crippen LogP contribution in [0.1, 0.15) is 62.1 Å². The molecule has 1 aromatic heterocycles. The maximum atomic E-state index is 12.6. The van der Waals surface area contributed by atoms with Crippen LogP contribution in [0.25, 0.3) is 0 Å². The van der Waals surface area contributed by atoms with Crippen LogP contribution in [0, 0.1) is 0 Å². The average molecular weight is 342 g/mol. The number of amides is 1. The Bertz CT molecular complexity index is 464. The highest BCUT2D eigenvalue weighted by atomic mass is 79.9. The quantitative estimate of drug-likeness (QED) is 0.835. The Morgan fingerprint density at radius 3 is 2.65 bits per heavy atom. The van der Waals surface area contributed by atoms with Gasteiger partial charge in [0.15, 0.2) is 0 Å². The van der Waals surface area contributed by atoms with Gasteiger partial charge in [-0.2, -0.15) is 5.10 Å². The van der Waals surface area contributed by atoms with Crippen molar-refractivity contribution in [1.29, 1.82) is 0 Å². The lowest BCUT2D eigenvalue weighted by molar-refractivity contribution is 0.0875. The van der Waals surface area contributed by atoms with Crippen LogP contribution in [-0.4, -0.2) is 26.6 Å². The minimum absolute atomic E-state index is 0.0143. The van der Waals surface area contributed by atoms with Gasteiger partial charge in [-0.3, -0.25) is 9.48 Å². The highest BCUT2D eigenvalue weighted by Gasteiger charge is 2.33. The molecular formula is C15H24BrN3O. The van der Waals surface area contributed by atoms with E-state index in [9.17, 15) is 4.79 Å². The Labute approximate surface area is 129 Å². The van der Waals surface area contributed by atoms with E-state index in [1.807, 2.05) is 13.0 Å². The Balaban J connectivity index is 2.16. The van der Waals surface area contributed by atoms with Crippen molar-refractivity contribution >= 4 is 21.8 Å². The number of nitrogens with zero attached hydrogens (tertiary/aromatic N) is 2. The average Bonchev–Trinajstić information content (AvgIpc) is 2.91. The molecule has 1 aliphatic carbocycles. The normalized spacial score (nSPS) is 17.9. The first-order valence-electron chi connectivity index (χ1n) is 7.59. The van der Waals surface area contributed by atoms with Crippen LogP contribution in [0.15, 0.2) is 6.07 Å². The molecule has 2 rings (SSSR count). The van der Waals surface area contributed by atoms with Crippen LogP contribution in [-0.2, 0) is 13.0 Å². The summed E-state index contributed by atoms with van der Waals surface area (Å²) in [5.74, 6) is 0.0143. The van der Waals surface area contributed by atoms with E-state index in [4.69, 9.17) is 0 Å². The van der Waals surface area contributed by atoms with E-state index in [-0.39, 0.29) is 11.4 Å². The molecule has 0 unspecified atom stereocenters. The van der Waals surface area contributed by atoms with E-state index in [0.717, 1.165) is 36.8 Å². The summed E-state index contributed by atoms with van der Waals surface area (Å²) >= 11 is 3.59. The largest absolute Gasteiger partial charge is 0.344 e. The number of halogens is 1. The summed E-state index contributed by atoms with van der Waals surface area (Å²) in [6.45, 7) is 4.80. The fourth-order valence-electron chi connectivity index (χ4n) is 2.89. The molecule has 0 atom stereocenters. The Morgan fingerprint density at radius 2 is 2.10 bits per heavy atom. The maximum Gasteiger partial charge on any atom is 0.270 e. The van der Waals surface area contributed by atoms with E-state index in [1.54, 1.807) is 4.68 Å². The number of alkyl halides is 1. The molecule has 1 N–H and O–H groups in total.